The number of hydrogen-bond donors (Lipinski definition) is 1. The van der Waals surface area contributed by atoms with E-state index in [2.05, 4.69) is 50.2 Å². The SMILES string of the molecule is CCC(OC(=O)CCC(=O)O)C(CCC(C)N(C)C)(c1ccccc1)c1ccccc1. The number of ether oxygens (including phenoxy) is 1. The van der Waals surface area contributed by atoms with Crippen LogP contribution in [0.15, 0.2) is 60.7 Å². The van der Waals surface area contributed by atoms with E-state index in [1.165, 1.54) is 0 Å². The first-order valence-corrected chi connectivity index (χ1v) is 11.0. The topological polar surface area (TPSA) is 66.8 Å². The Morgan fingerprint density at radius 3 is 1.90 bits per heavy atom. The Kier molecular flexibility index (Phi) is 9.25. The lowest BCUT2D eigenvalue weighted by atomic mass is 9.66. The summed E-state index contributed by atoms with van der Waals surface area (Å²) in [5.41, 5.74) is 1.68. The fourth-order valence-corrected chi connectivity index (χ4v) is 4.11. The number of carbonyl (C=O) groups is 2. The van der Waals surface area contributed by atoms with Crippen molar-refractivity contribution in [3.63, 3.8) is 0 Å². The Hall–Kier alpha value is -2.66. The number of hydrogen-bond acceptors (Lipinski definition) is 4. The summed E-state index contributed by atoms with van der Waals surface area (Å²) < 4.78 is 6.00. The van der Waals surface area contributed by atoms with Gasteiger partial charge in [0.1, 0.15) is 6.10 Å². The molecule has 0 saturated carbocycles. The molecule has 2 aromatic rings. The number of aliphatic carboxylic acids is 1. The van der Waals surface area contributed by atoms with Gasteiger partial charge in [0.15, 0.2) is 0 Å². The maximum atomic E-state index is 12.6. The van der Waals surface area contributed by atoms with Crippen LogP contribution in [0.3, 0.4) is 0 Å². The molecule has 0 aliphatic rings. The van der Waals surface area contributed by atoms with Gasteiger partial charge in [-0.25, -0.2) is 0 Å². The number of carboxylic acids is 1. The first-order valence-electron chi connectivity index (χ1n) is 11.0. The lowest BCUT2D eigenvalue weighted by Crippen LogP contribution is -2.44. The Labute approximate surface area is 186 Å². The Morgan fingerprint density at radius 2 is 1.48 bits per heavy atom. The van der Waals surface area contributed by atoms with E-state index in [4.69, 9.17) is 9.84 Å². The van der Waals surface area contributed by atoms with Gasteiger partial charge in [0.25, 0.3) is 0 Å². The molecule has 2 rings (SSSR count). The summed E-state index contributed by atoms with van der Waals surface area (Å²) in [7, 11) is 4.14. The molecule has 0 saturated heterocycles. The zero-order chi connectivity index (χ0) is 22.9. The van der Waals surface area contributed by atoms with Crippen molar-refractivity contribution in [3.05, 3.63) is 71.8 Å². The molecule has 0 spiro atoms. The second-order valence-corrected chi connectivity index (χ2v) is 8.34. The highest BCUT2D eigenvalue weighted by Gasteiger charge is 2.43. The third-order valence-electron chi connectivity index (χ3n) is 6.15. The molecule has 5 heteroatoms. The normalized spacial score (nSPS) is 13.6. The minimum Gasteiger partial charge on any atom is -0.481 e. The van der Waals surface area contributed by atoms with Crippen molar-refractivity contribution < 1.29 is 19.4 Å². The zero-order valence-corrected chi connectivity index (χ0v) is 19.1. The molecule has 2 aromatic carbocycles. The van der Waals surface area contributed by atoms with E-state index in [1.807, 2.05) is 43.3 Å². The molecule has 2 atom stereocenters. The van der Waals surface area contributed by atoms with E-state index in [1.54, 1.807) is 0 Å². The lowest BCUT2D eigenvalue weighted by Gasteiger charge is -2.42. The standard InChI is InChI=1S/C26H35NO4/c1-5-23(31-25(30)17-16-24(28)29)26(19-18-20(2)27(3)4,21-12-8-6-9-13-21)22-14-10-7-11-15-22/h6-15,20,23H,5,16-19H2,1-4H3,(H,28,29). The van der Waals surface area contributed by atoms with Gasteiger partial charge < -0.3 is 14.7 Å². The van der Waals surface area contributed by atoms with Crippen LogP contribution in [0.4, 0.5) is 0 Å². The smallest absolute Gasteiger partial charge is 0.306 e. The van der Waals surface area contributed by atoms with E-state index in [0.717, 1.165) is 24.0 Å². The van der Waals surface area contributed by atoms with Crippen molar-refractivity contribution in [1.82, 2.24) is 4.90 Å². The molecule has 0 bridgehead atoms. The Morgan fingerprint density at radius 1 is 0.968 bits per heavy atom. The van der Waals surface area contributed by atoms with Crippen molar-refractivity contribution >= 4 is 11.9 Å². The zero-order valence-electron chi connectivity index (χ0n) is 19.1. The monoisotopic (exact) mass is 425 g/mol. The maximum Gasteiger partial charge on any atom is 0.306 e. The first-order chi connectivity index (χ1) is 14.8. The van der Waals surface area contributed by atoms with Gasteiger partial charge in [0.2, 0.25) is 0 Å². The molecule has 0 aliphatic carbocycles. The predicted molar refractivity (Wildman–Crippen MR) is 123 cm³/mol. The number of carbonyl (C=O) groups excluding carboxylic acids is 1. The number of esters is 1. The Balaban J connectivity index is 2.54. The van der Waals surface area contributed by atoms with E-state index < -0.39 is 23.5 Å². The van der Waals surface area contributed by atoms with Crippen LogP contribution in [-0.2, 0) is 19.7 Å². The summed E-state index contributed by atoms with van der Waals surface area (Å²) in [4.78, 5) is 25.7. The van der Waals surface area contributed by atoms with Gasteiger partial charge in [0, 0.05) is 6.04 Å². The fraction of sp³-hybridized carbons (Fsp3) is 0.462. The number of nitrogens with zero attached hydrogens (tertiary/aromatic N) is 1. The predicted octanol–water partition coefficient (Wildman–Crippen LogP) is 4.89. The molecule has 31 heavy (non-hydrogen) atoms. The largest absolute Gasteiger partial charge is 0.481 e. The molecule has 0 aliphatic heterocycles. The average molecular weight is 426 g/mol. The summed E-state index contributed by atoms with van der Waals surface area (Å²) in [6, 6.07) is 20.8. The van der Waals surface area contributed by atoms with Gasteiger partial charge in [-0.05, 0) is 51.4 Å². The minimum atomic E-state index is -0.998. The molecule has 0 heterocycles. The molecular weight excluding hydrogens is 390 g/mol. The summed E-state index contributed by atoms with van der Waals surface area (Å²) in [5, 5.41) is 8.95. The third-order valence-corrected chi connectivity index (χ3v) is 6.15. The highest BCUT2D eigenvalue weighted by atomic mass is 16.5. The number of benzene rings is 2. The van der Waals surface area contributed by atoms with E-state index >= 15 is 0 Å². The van der Waals surface area contributed by atoms with E-state index in [9.17, 15) is 9.59 Å². The fourth-order valence-electron chi connectivity index (χ4n) is 4.11. The Bertz CT molecular complexity index is 780. The highest BCUT2D eigenvalue weighted by molar-refractivity contribution is 5.76. The van der Waals surface area contributed by atoms with Gasteiger partial charge >= 0.3 is 11.9 Å². The first kappa shape index (κ1) is 24.6. The van der Waals surface area contributed by atoms with Crippen LogP contribution < -0.4 is 0 Å². The quantitative estimate of drug-likeness (QED) is 0.491. The summed E-state index contributed by atoms with van der Waals surface area (Å²) in [6.07, 6.45) is 1.58. The molecule has 0 radical (unpaired) electrons. The van der Waals surface area contributed by atoms with Gasteiger partial charge in [-0.3, -0.25) is 9.59 Å². The molecule has 0 aromatic heterocycles. The van der Waals surface area contributed by atoms with Crippen LogP contribution in [0.2, 0.25) is 0 Å². The molecule has 168 valence electrons. The number of rotatable bonds is 12. The van der Waals surface area contributed by atoms with E-state index in [0.29, 0.717) is 12.5 Å². The van der Waals surface area contributed by atoms with Crippen molar-refractivity contribution in [3.8, 4) is 0 Å². The molecule has 0 amide bonds. The van der Waals surface area contributed by atoms with Crippen molar-refractivity contribution in [2.24, 2.45) is 0 Å². The second-order valence-electron chi connectivity index (χ2n) is 8.34. The van der Waals surface area contributed by atoms with Crippen molar-refractivity contribution in [2.75, 3.05) is 14.1 Å². The molecule has 2 unspecified atom stereocenters. The van der Waals surface area contributed by atoms with Gasteiger partial charge in [0.05, 0.1) is 18.3 Å². The lowest BCUT2D eigenvalue weighted by molar-refractivity contribution is -0.155. The summed E-state index contributed by atoms with van der Waals surface area (Å²) >= 11 is 0. The maximum absolute atomic E-state index is 12.6. The van der Waals surface area contributed by atoms with Crippen LogP contribution in [0.25, 0.3) is 0 Å². The van der Waals surface area contributed by atoms with Crippen LogP contribution in [0.5, 0.6) is 0 Å². The molecule has 5 nitrogen and oxygen atoms in total. The van der Waals surface area contributed by atoms with Crippen molar-refractivity contribution in [2.45, 2.75) is 63.5 Å². The van der Waals surface area contributed by atoms with Crippen molar-refractivity contribution in [1.29, 1.82) is 0 Å². The van der Waals surface area contributed by atoms with Gasteiger partial charge in [-0.15, -0.1) is 0 Å². The van der Waals surface area contributed by atoms with Crippen LogP contribution in [-0.4, -0.2) is 48.2 Å². The van der Waals surface area contributed by atoms with Crippen LogP contribution in [0.1, 0.15) is 57.1 Å². The van der Waals surface area contributed by atoms with Gasteiger partial charge in [-0.2, -0.15) is 0 Å². The second kappa shape index (κ2) is 11.7. The molecule has 0 fully saturated rings. The summed E-state index contributed by atoms with van der Waals surface area (Å²) in [6.45, 7) is 4.21. The van der Waals surface area contributed by atoms with Crippen LogP contribution in [0, 0.1) is 0 Å². The third kappa shape index (κ3) is 6.41. The summed E-state index contributed by atoms with van der Waals surface area (Å²) in [5.74, 6) is -1.46. The highest BCUT2D eigenvalue weighted by Crippen LogP contribution is 2.43. The number of carboxylic acid groups (broad SMARTS) is 1. The molecule has 1 N–H and O–H groups in total. The van der Waals surface area contributed by atoms with E-state index in [-0.39, 0.29) is 12.8 Å². The molecular formula is C26H35NO4. The van der Waals surface area contributed by atoms with Gasteiger partial charge in [-0.1, -0.05) is 67.6 Å². The minimum absolute atomic E-state index is 0.125. The average Bonchev–Trinajstić information content (AvgIpc) is 2.78. The van der Waals surface area contributed by atoms with Crippen LogP contribution >= 0.6 is 0 Å².